The van der Waals surface area contributed by atoms with Gasteiger partial charge in [0, 0.05) is 12.8 Å². The van der Waals surface area contributed by atoms with Crippen LogP contribution in [0.15, 0.2) is 6.07 Å². The third-order valence-electron chi connectivity index (χ3n) is 2.05. The van der Waals surface area contributed by atoms with Crippen LogP contribution in [0.1, 0.15) is 6.42 Å². The Morgan fingerprint density at radius 3 is 2.50 bits per heavy atom. The molecule has 0 aromatic carbocycles. The van der Waals surface area contributed by atoms with Crippen LogP contribution in [-0.2, 0) is 9.84 Å². The molecular formula is C9H14Cl2N4O2S. The van der Waals surface area contributed by atoms with Gasteiger partial charge in [0.2, 0.25) is 0 Å². The van der Waals surface area contributed by atoms with E-state index in [1.54, 1.807) is 0 Å². The van der Waals surface area contributed by atoms with Gasteiger partial charge in [0.05, 0.1) is 15.8 Å². The molecule has 0 aliphatic heterocycles. The maximum atomic E-state index is 10.9. The minimum Gasteiger partial charge on any atom is -0.369 e. The minimum absolute atomic E-state index is 0.104. The number of sulfone groups is 1. The van der Waals surface area contributed by atoms with Crippen molar-refractivity contribution >= 4 is 44.7 Å². The topological polar surface area (TPSA) is 97.1 Å². The van der Waals surface area contributed by atoms with Gasteiger partial charge < -0.3 is 10.7 Å². The number of hydrogen-bond acceptors (Lipinski definition) is 6. The minimum atomic E-state index is -2.96. The molecule has 0 radical (unpaired) electrons. The number of pyridine rings is 1. The van der Waals surface area contributed by atoms with Crippen molar-refractivity contribution in [3.8, 4) is 0 Å². The second-order valence-electron chi connectivity index (χ2n) is 3.70. The van der Waals surface area contributed by atoms with Gasteiger partial charge in [-0.25, -0.2) is 19.2 Å². The van der Waals surface area contributed by atoms with Crippen molar-refractivity contribution in [3.63, 3.8) is 0 Å². The second-order valence-corrected chi connectivity index (χ2v) is 6.78. The summed E-state index contributed by atoms with van der Waals surface area (Å²) in [6.45, 7) is 0.436. The van der Waals surface area contributed by atoms with E-state index in [-0.39, 0.29) is 5.75 Å². The molecule has 0 saturated carbocycles. The normalized spacial score (nSPS) is 11.3. The third-order valence-corrected chi connectivity index (χ3v) is 3.66. The Balaban J connectivity index is 2.62. The van der Waals surface area contributed by atoms with Gasteiger partial charge >= 0.3 is 0 Å². The van der Waals surface area contributed by atoms with Crippen molar-refractivity contribution in [2.24, 2.45) is 5.84 Å². The number of anilines is 2. The van der Waals surface area contributed by atoms with Crippen LogP contribution in [0.3, 0.4) is 0 Å². The Morgan fingerprint density at radius 2 is 1.94 bits per heavy atom. The van der Waals surface area contributed by atoms with Crippen LogP contribution in [-0.4, -0.2) is 32.0 Å². The highest BCUT2D eigenvalue weighted by molar-refractivity contribution is 7.90. The number of rotatable bonds is 6. The first-order chi connectivity index (χ1) is 8.33. The van der Waals surface area contributed by atoms with Crippen molar-refractivity contribution in [1.29, 1.82) is 0 Å². The van der Waals surface area contributed by atoms with Gasteiger partial charge in [-0.3, -0.25) is 0 Å². The Hall–Kier alpha value is -0.760. The largest absolute Gasteiger partial charge is 0.369 e. The van der Waals surface area contributed by atoms with Gasteiger partial charge in [-0.1, -0.05) is 23.2 Å². The van der Waals surface area contributed by atoms with Crippen LogP contribution in [0, 0.1) is 0 Å². The molecule has 1 rings (SSSR count). The number of nitrogens with one attached hydrogen (secondary N) is 2. The number of hydrogen-bond donors (Lipinski definition) is 3. The van der Waals surface area contributed by atoms with Gasteiger partial charge in [-0.2, -0.15) is 0 Å². The Morgan fingerprint density at radius 1 is 1.33 bits per heavy atom. The summed E-state index contributed by atoms with van der Waals surface area (Å²) in [5.74, 6) is 6.04. The van der Waals surface area contributed by atoms with E-state index in [4.69, 9.17) is 29.0 Å². The smallest absolute Gasteiger partial charge is 0.161 e. The number of halogens is 2. The lowest BCUT2D eigenvalue weighted by atomic mass is 10.4. The van der Waals surface area contributed by atoms with Gasteiger partial charge in [0.15, 0.2) is 5.82 Å². The summed E-state index contributed by atoms with van der Waals surface area (Å²) in [7, 11) is -2.96. The SMILES string of the molecule is CS(=O)(=O)CCCNc1nc(NN)c(Cl)cc1Cl. The van der Waals surface area contributed by atoms with Crippen LogP contribution >= 0.6 is 23.2 Å². The van der Waals surface area contributed by atoms with Crippen molar-refractivity contribution in [2.45, 2.75) is 6.42 Å². The molecule has 0 atom stereocenters. The average molecular weight is 313 g/mol. The van der Waals surface area contributed by atoms with E-state index in [1.807, 2.05) is 0 Å². The molecule has 18 heavy (non-hydrogen) atoms. The summed E-state index contributed by atoms with van der Waals surface area (Å²) in [6, 6.07) is 1.50. The Labute approximate surface area is 116 Å². The zero-order valence-corrected chi connectivity index (χ0v) is 12.0. The molecule has 4 N–H and O–H groups in total. The zero-order chi connectivity index (χ0) is 13.8. The van der Waals surface area contributed by atoms with Crippen molar-refractivity contribution in [1.82, 2.24) is 4.98 Å². The quantitative estimate of drug-likeness (QED) is 0.418. The molecule has 1 heterocycles. The summed E-state index contributed by atoms with van der Waals surface area (Å²) in [5.41, 5.74) is 2.34. The molecule has 0 bridgehead atoms. The number of hydrazine groups is 1. The molecule has 6 nitrogen and oxygen atoms in total. The fourth-order valence-electron chi connectivity index (χ4n) is 1.23. The molecule has 1 aromatic rings. The summed E-state index contributed by atoms with van der Waals surface area (Å²) in [6.07, 6.45) is 1.65. The summed E-state index contributed by atoms with van der Waals surface area (Å²) >= 11 is 11.8. The maximum Gasteiger partial charge on any atom is 0.161 e. The highest BCUT2D eigenvalue weighted by atomic mass is 35.5. The molecular weight excluding hydrogens is 299 g/mol. The van der Waals surface area contributed by atoms with Crippen molar-refractivity contribution < 1.29 is 8.42 Å². The van der Waals surface area contributed by atoms with Crippen LogP contribution in [0.2, 0.25) is 10.0 Å². The number of nitrogens with zero attached hydrogens (tertiary/aromatic N) is 1. The van der Waals surface area contributed by atoms with E-state index in [0.29, 0.717) is 34.6 Å². The molecule has 0 aliphatic carbocycles. The van der Waals surface area contributed by atoms with E-state index in [9.17, 15) is 8.42 Å². The zero-order valence-electron chi connectivity index (χ0n) is 9.70. The van der Waals surface area contributed by atoms with E-state index < -0.39 is 9.84 Å². The first-order valence-corrected chi connectivity index (χ1v) is 7.89. The van der Waals surface area contributed by atoms with Crippen LogP contribution in [0.25, 0.3) is 0 Å². The molecule has 0 amide bonds. The number of aromatic nitrogens is 1. The number of nitrogen functional groups attached to an aromatic ring is 1. The van der Waals surface area contributed by atoms with E-state index in [0.717, 1.165) is 0 Å². The molecule has 0 aliphatic rings. The van der Waals surface area contributed by atoms with Crippen LogP contribution < -0.4 is 16.6 Å². The number of nitrogens with two attached hydrogens (primary N) is 1. The summed E-state index contributed by atoms with van der Waals surface area (Å²) in [4.78, 5) is 4.06. The average Bonchev–Trinajstić information content (AvgIpc) is 2.25. The molecule has 9 heteroatoms. The third kappa shape index (κ3) is 4.85. The lowest BCUT2D eigenvalue weighted by Crippen LogP contribution is -2.13. The molecule has 0 spiro atoms. The summed E-state index contributed by atoms with van der Waals surface area (Å²) < 4.78 is 21.9. The molecule has 0 saturated heterocycles. The first-order valence-electron chi connectivity index (χ1n) is 5.08. The monoisotopic (exact) mass is 312 g/mol. The standard InChI is InChI=1S/C9H14Cl2N4O2S/c1-18(16,17)4-2-3-13-8-6(10)5-7(11)9(14-8)15-12/h5H,2-4,12H2,1H3,(H2,13,14,15). The molecule has 0 unspecified atom stereocenters. The van der Waals surface area contributed by atoms with Crippen molar-refractivity contribution in [2.75, 3.05) is 29.3 Å². The summed E-state index contributed by atoms with van der Waals surface area (Å²) in [5, 5.41) is 3.58. The highest BCUT2D eigenvalue weighted by Crippen LogP contribution is 2.28. The van der Waals surface area contributed by atoms with Crippen LogP contribution in [0.5, 0.6) is 0 Å². The van der Waals surface area contributed by atoms with E-state index in [1.165, 1.54) is 12.3 Å². The molecule has 0 fully saturated rings. The maximum absolute atomic E-state index is 10.9. The fraction of sp³-hybridized carbons (Fsp3) is 0.444. The lowest BCUT2D eigenvalue weighted by molar-refractivity contribution is 0.600. The van der Waals surface area contributed by atoms with Gasteiger partial charge in [0.25, 0.3) is 0 Å². The van der Waals surface area contributed by atoms with E-state index >= 15 is 0 Å². The molecule has 102 valence electrons. The first kappa shape index (κ1) is 15.3. The highest BCUT2D eigenvalue weighted by Gasteiger charge is 2.08. The molecule has 1 aromatic heterocycles. The Bertz CT molecular complexity index is 522. The Kier molecular flexibility index (Phi) is 5.46. The van der Waals surface area contributed by atoms with Crippen LogP contribution in [0.4, 0.5) is 11.6 Å². The second kappa shape index (κ2) is 6.42. The van der Waals surface area contributed by atoms with Gasteiger partial charge in [0.1, 0.15) is 15.7 Å². The fourth-order valence-corrected chi connectivity index (χ4v) is 2.38. The van der Waals surface area contributed by atoms with E-state index in [2.05, 4.69) is 15.7 Å². The predicted molar refractivity (Wildman–Crippen MR) is 74.9 cm³/mol. The van der Waals surface area contributed by atoms with Gasteiger partial charge in [-0.05, 0) is 12.5 Å². The lowest BCUT2D eigenvalue weighted by Gasteiger charge is -2.10. The predicted octanol–water partition coefficient (Wildman–Crippen LogP) is 1.52. The van der Waals surface area contributed by atoms with Crippen molar-refractivity contribution in [3.05, 3.63) is 16.1 Å². The van der Waals surface area contributed by atoms with Gasteiger partial charge in [-0.15, -0.1) is 0 Å².